The number of rotatable bonds is 4. The summed E-state index contributed by atoms with van der Waals surface area (Å²) in [5, 5.41) is 10.6. The lowest BCUT2D eigenvalue weighted by Gasteiger charge is -2.13. The summed E-state index contributed by atoms with van der Waals surface area (Å²) >= 11 is 0. The summed E-state index contributed by atoms with van der Waals surface area (Å²) in [5.74, 6) is -0.125. The minimum absolute atomic E-state index is 0.0625. The van der Waals surface area contributed by atoms with Gasteiger partial charge in [-0.05, 0) is 92.3 Å². The Labute approximate surface area is 227 Å². The van der Waals surface area contributed by atoms with E-state index in [9.17, 15) is 9.59 Å². The van der Waals surface area contributed by atoms with E-state index in [2.05, 4.69) is 97.1 Å². The van der Waals surface area contributed by atoms with Gasteiger partial charge in [0, 0.05) is 0 Å². The Morgan fingerprint density at radius 3 is 1.10 bits per heavy atom. The van der Waals surface area contributed by atoms with Gasteiger partial charge in [-0.1, -0.05) is 72.8 Å². The molecule has 2 heterocycles. The van der Waals surface area contributed by atoms with Crippen molar-refractivity contribution in [2.45, 2.75) is 32.5 Å². The fourth-order valence-corrected chi connectivity index (χ4v) is 5.22. The molecule has 6 aromatic carbocycles. The molecule has 0 bridgehead atoms. The number of epoxide rings is 2. The Balaban J connectivity index is 0.000000135. The molecule has 0 spiro atoms. The zero-order chi connectivity index (χ0) is 26.9. The second-order valence-corrected chi connectivity index (χ2v) is 10.4. The number of Topliss-reactive ketones (excluding diaryl/α,β-unsaturated/α-hetero) is 2. The molecule has 2 aliphatic heterocycles. The van der Waals surface area contributed by atoms with E-state index in [-0.39, 0.29) is 18.0 Å². The van der Waals surface area contributed by atoms with Crippen molar-refractivity contribution in [1.29, 1.82) is 0 Å². The van der Waals surface area contributed by atoms with Crippen molar-refractivity contribution in [3.05, 3.63) is 108 Å². The van der Waals surface area contributed by atoms with Crippen LogP contribution in [0.2, 0.25) is 0 Å². The average Bonchev–Trinajstić information content (AvgIpc) is 3.85. The van der Waals surface area contributed by atoms with Crippen LogP contribution in [-0.4, -0.2) is 24.8 Å². The highest BCUT2D eigenvalue weighted by Gasteiger charge is 2.27. The minimum Gasteiger partial charge on any atom is -0.368 e. The summed E-state index contributed by atoms with van der Waals surface area (Å²) in [6.45, 7) is 4.53. The van der Waals surface area contributed by atoms with Crippen molar-refractivity contribution in [2.75, 3.05) is 13.2 Å². The molecule has 2 unspecified atom stereocenters. The van der Waals surface area contributed by atoms with Gasteiger partial charge in [0.25, 0.3) is 0 Å². The molecule has 2 atom stereocenters. The first-order valence-electron chi connectivity index (χ1n) is 13.3. The Bertz CT molecular complexity index is 1580. The third kappa shape index (κ3) is 5.68. The van der Waals surface area contributed by atoms with E-state index >= 15 is 0 Å². The fourth-order valence-electron chi connectivity index (χ4n) is 5.22. The number of benzene rings is 6. The number of carbonyl (C=O) groups is 2. The lowest BCUT2D eigenvalue weighted by Crippen LogP contribution is -1.97. The van der Waals surface area contributed by atoms with E-state index in [1.54, 1.807) is 0 Å². The van der Waals surface area contributed by atoms with Crippen LogP contribution < -0.4 is 0 Å². The first-order chi connectivity index (χ1) is 19.0. The van der Waals surface area contributed by atoms with Crippen LogP contribution in [0, 0.1) is 0 Å². The highest BCUT2D eigenvalue weighted by Crippen LogP contribution is 2.41. The van der Waals surface area contributed by atoms with E-state index < -0.39 is 0 Å². The summed E-state index contributed by atoms with van der Waals surface area (Å²) < 4.78 is 10.9. The van der Waals surface area contributed by atoms with Gasteiger partial charge in [0.2, 0.25) is 0 Å². The van der Waals surface area contributed by atoms with Crippen molar-refractivity contribution in [1.82, 2.24) is 0 Å². The van der Waals surface area contributed by atoms with Crippen LogP contribution in [0.5, 0.6) is 0 Å². The summed E-state index contributed by atoms with van der Waals surface area (Å²) in [5.41, 5.74) is 2.61. The molecule has 0 radical (unpaired) electrons. The average molecular weight is 515 g/mol. The molecule has 39 heavy (non-hydrogen) atoms. The quantitative estimate of drug-likeness (QED) is 0.135. The maximum Gasteiger partial charge on any atom is 0.137 e. The number of ether oxygens (including phenoxy) is 2. The van der Waals surface area contributed by atoms with Gasteiger partial charge < -0.3 is 9.47 Å². The predicted molar refractivity (Wildman–Crippen MR) is 157 cm³/mol. The highest BCUT2D eigenvalue weighted by atomic mass is 16.6. The molecule has 8 rings (SSSR count). The van der Waals surface area contributed by atoms with E-state index in [4.69, 9.17) is 9.47 Å². The predicted octanol–water partition coefficient (Wildman–Crippen LogP) is 8.12. The van der Waals surface area contributed by atoms with Crippen LogP contribution in [0.25, 0.3) is 43.1 Å². The lowest BCUT2D eigenvalue weighted by molar-refractivity contribution is -0.124. The van der Waals surface area contributed by atoms with Gasteiger partial charge >= 0.3 is 0 Å². The zero-order valence-electron chi connectivity index (χ0n) is 22.1. The van der Waals surface area contributed by atoms with Gasteiger partial charge in [0.15, 0.2) is 0 Å². The van der Waals surface area contributed by atoms with Gasteiger partial charge in [0.05, 0.1) is 19.6 Å². The third-order valence-electron chi connectivity index (χ3n) is 7.15. The van der Waals surface area contributed by atoms with Crippen LogP contribution in [0.1, 0.15) is 43.6 Å². The summed E-state index contributed by atoms with van der Waals surface area (Å²) in [6.07, 6.45) is 0.695. The summed E-state index contributed by atoms with van der Waals surface area (Å²) in [7, 11) is 0. The maximum atomic E-state index is 10.0. The van der Waals surface area contributed by atoms with Gasteiger partial charge in [0.1, 0.15) is 23.8 Å². The third-order valence-corrected chi connectivity index (χ3v) is 7.15. The second-order valence-electron chi connectivity index (χ2n) is 10.4. The maximum absolute atomic E-state index is 10.0. The topological polar surface area (TPSA) is 59.2 Å². The molecular weight excluding hydrogens is 484 g/mol. The monoisotopic (exact) mass is 514 g/mol. The second kappa shape index (κ2) is 10.6. The molecule has 6 aromatic rings. The van der Waals surface area contributed by atoms with Gasteiger partial charge in [-0.2, -0.15) is 0 Å². The van der Waals surface area contributed by atoms with E-state index in [0.29, 0.717) is 12.2 Å². The number of fused-ring (bicyclic) bond motifs is 1. The molecule has 4 heteroatoms. The Kier molecular flexibility index (Phi) is 6.82. The SMILES string of the molecule is CC(=O)CC(C)=O.c1cc2cc(C3CO3)cc3ccc4cc(C5CO5)cc1c4c23.c1ccc2ccccc2c1. The number of hydrogen-bond donors (Lipinski definition) is 0. The molecule has 194 valence electrons. The standard InChI is InChI=1S/C20H14O2.C10H8.C5H8O2/c1-2-12-6-16(18-10-22-18)8-14-4-3-13-7-15(17-9-21-17)5-11(1)19(13)20(12)14;1-2-6-10-8-4-3-7-9(10)5-1;1-4(6)3-5(2)7/h1-8,17-18H,9-10H2;1-8H;3H2,1-2H3. The number of carbonyl (C=O) groups excluding carboxylic acids is 2. The molecule has 4 nitrogen and oxygen atoms in total. The van der Waals surface area contributed by atoms with Crippen molar-refractivity contribution >= 4 is 54.7 Å². The summed E-state index contributed by atoms with van der Waals surface area (Å²) in [4.78, 5) is 20.1. The largest absolute Gasteiger partial charge is 0.368 e. The van der Waals surface area contributed by atoms with Crippen molar-refractivity contribution in [3.8, 4) is 0 Å². The van der Waals surface area contributed by atoms with Crippen LogP contribution in [0.15, 0.2) is 97.1 Å². The lowest BCUT2D eigenvalue weighted by atomic mass is 9.91. The molecule has 0 amide bonds. The smallest absolute Gasteiger partial charge is 0.137 e. The molecule has 2 aliphatic rings. The molecule has 0 aliphatic carbocycles. The van der Waals surface area contributed by atoms with Crippen LogP contribution >= 0.6 is 0 Å². The van der Waals surface area contributed by atoms with Crippen LogP contribution in [0.4, 0.5) is 0 Å². The Morgan fingerprint density at radius 2 is 0.872 bits per heavy atom. The number of hydrogen-bond acceptors (Lipinski definition) is 4. The first-order valence-corrected chi connectivity index (χ1v) is 13.3. The normalized spacial score (nSPS) is 17.4. The molecule has 0 saturated carbocycles. The van der Waals surface area contributed by atoms with Crippen molar-refractivity contribution in [2.24, 2.45) is 0 Å². The van der Waals surface area contributed by atoms with Gasteiger partial charge in [-0.25, -0.2) is 0 Å². The number of ketones is 2. The molecular formula is C35H30O4. The van der Waals surface area contributed by atoms with E-state index in [1.165, 1.54) is 68.1 Å². The van der Waals surface area contributed by atoms with E-state index in [1.807, 2.05) is 0 Å². The Hall–Kier alpha value is -4.12. The van der Waals surface area contributed by atoms with Crippen molar-refractivity contribution < 1.29 is 19.1 Å². The zero-order valence-corrected chi connectivity index (χ0v) is 22.1. The van der Waals surface area contributed by atoms with Crippen LogP contribution in [-0.2, 0) is 19.1 Å². The van der Waals surface area contributed by atoms with E-state index in [0.717, 1.165) is 13.2 Å². The summed E-state index contributed by atoms with van der Waals surface area (Å²) in [6, 6.07) is 34.8. The van der Waals surface area contributed by atoms with Gasteiger partial charge in [-0.15, -0.1) is 0 Å². The van der Waals surface area contributed by atoms with Crippen LogP contribution in [0.3, 0.4) is 0 Å². The molecule has 2 saturated heterocycles. The van der Waals surface area contributed by atoms with Crippen molar-refractivity contribution in [3.63, 3.8) is 0 Å². The first kappa shape index (κ1) is 25.2. The highest BCUT2D eigenvalue weighted by molar-refractivity contribution is 6.23. The minimum atomic E-state index is -0.0625. The molecule has 2 fully saturated rings. The molecule has 0 N–H and O–H groups in total. The Morgan fingerprint density at radius 1 is 0.564 bits per heavy atom. The molecule has 0 aromatic heterocycles. The van der Waals surface area contributed by atoms with Gasteiger partial charge in [-0.3, -0.25) is 9.59 Å². The fraction of sp³-hybridized carbons (Fsp3) is 0.200.